The normalized spacial score (nSPS) is 22.8. The lowest BCUT2D eigenvalue weighted by Gasteiger charge is -2.14. The Balaban J connectivity index is 2.86. The molecule has 0 aromatic rings. The average Bonchev–Trinajstić information content (AvgIpc) is 1.96. The zero-order valence-electron chi connectivity index (χ0n) is 6.92. The van der Waals surface area contributed by atoms with Crippen LogP contribution in [-0.4, -0.2) is 18.2 Å². The minimum atomic E-state index is -0.389. The van der Waals surface area contributed by atoms with Gasteiger partial charge in [-0.3, -0.25) is 4.79 Å². The van der Waals surface area contributed by atoms with Crippen LogP contribution in [0.2, 0.25) is 0 Å². The Morgan fingerprint density at radius 2 is 2.25 bits per heavy atom. The maximum Gasteiger partial charge on any atom is 0.470 e. The first kappa shape index (κ1) is 8.61. The molecule has 0 aromatic heterocycles. The molecule has 0 fully saturated rings. The smallest absolute Gasteiger partial charge is 0.274 e. The maximum atomic E-state index is 11.1. The molecule has 1 heterocycles. The van der Waals surface area contributed by atoms with Crippen molar-refractivity contribution < 1.29 is 14.6 Å². The van der Waals surface area contributed by atoms with Gasteiger partial charge in [-0.2, -0.15) is 10.4 Å². The minimum absolute atomic E-state index is 0.260. The van der Waals surface area contributed by atoms with Crippen LogP contribution in [0, 0.1) is 0 Å². The summed E-state index contributed by atoms with van der Waals surface area (Å²) >= 11 is 0. The Kier molecular flexibility index (Phi) is 2.35. The molecule has 5 heteroatoms. The lowest BCUT2D eigenvalue weighted by atomic mass is 10.3. The number of hydrogen-bond donors (Lipinski definition) is 2. The molecule has 12 heavy (non-hydrogen) atoms. The van der Waals surface area contributed by atoms with E-state index in [0.29, 0.717) is 12.1 Å². The largest absolute Gasteiger partial charge is 0.470 e. The molecule has 2 N–H and O–H groups in total. The topological polar surface area (TPSA) is 63.0 Å². The molecule has 1 aliphatic heterocycles. The highest BCUT2D eigenvalue weighted by Crippen LogP contribution is 1.91. The minimum Gasteiger partial charge on any atom is -0.274 e. The highest BCUT2D eigenvalue weighted by Gasteiger charge is 2.24. The summed E-state index contributed by atoms with van der Waals surface area (Å²) < 4.78 is 0. The van der Waals surface area contributed by atoms with Crippen molar-refractivity contribution in [3.63, 3.8) is 0 Å². The molecule has 0 aliphatic carbocycles. The van der Waals surface area contributed by atoms with Crippen LogP contribution >= 0.6 is 0 Å². The number of urea groups is 1. The second-order valence-corrected chi connectivity index (χ2v) is 2.52. The molecular weight excluding hydrogens is 158 g/mol. The number of nitrogens with one attached hydrogen (secondary N) is 2. The Bertz CT molecular complexity index is 280. The highest BCUT2D eigenvalue weighted by atomic mass is 16.2. The Morgan fingerprint density at radius 1 is 1.58 bits per heavy atom. The standard InChI is InChI=1S/C7H9N3O2/c1-5-3-6(2)10(8-4-11)7(12)9-5/h3-4H,1-2H3,(H,8,11)/p+1. The molecular formula is C7H10N3O2+. The lowest BCUT2D eigenvalue weighted by Crippen LogP contribution is -3.18. The van der Waals surface area contributed by atoms with Gasteiger partial charge in [-0.05, 0) is 6.92 Å². The number of quaternary nitrogens is 1. The summed E-state index contributed by atoms with van der Waals surface area (Å²) in [6.45, 7) is 3.49. The fourth-order valence-electron chi connectivity index (χ4n) is 1.04. The quantitative estimate of drug-likeness (QED) is 0.521. The average molecular weight is 168 g/mol. The Hall–Kier alpha value is -1.49. The molecule has 0 saturated carbocycles. The first-order chi connectivity index (χ1) is 5.65. The van der Waals surface area contributed by atoms with E-state index in [0.717, 1.165) is 5.70 Å². The molecule has 5 nitrogen and oxygen atoms in total. The van der Waals surface area contributed by atoms with E-state index in [1.807, 2.05) is 0 Å². The highest BCUT2D eigenvalue weighted by molar-refractivity contribution is 6.00. The first-order valence-electron chi connectivity index (χ1n) is 3.50. The molecule has 0 spiro atoms. The summed E-state index contributed by atoms with van der Waals surface area (Å²) in [5, 5.41) is 0.260. The molecule has 3 amide bonds. The first-order valence-corrected chi connectivity index (χ1v) is 3.50. The van der Waals surface area contributed by atoms with Gasteiger partial charge in [-0.25, -0.2) is 4.79 Å². The number of carbonyl (C=O) groups excluding carboxylic acids is 2. The fourth-order valence-corrected chi connectivity index (χ4v) is 1.04. The predicted octanol–water partition coefficient (Wildman–Crippen LogP) is -0.969. The van der Waals surface area contributed by atoms with Crippen molar-refractivity contribution in [1.82, 2.24) is 5.43 Å². The summed E-state index contributed by atoms with van der Waals surface area (Å²) in [4.78, 5) is 24.9. The van der Waals surface area contributed by atoms with Crippen molar-refractivity contribution in [3.05, 3.63) is 11.8 Å². The number of aliphatic imine (C=N–C) groups is 1. The van der Waals surface area contributed by atoms with Gasteiger partial charge in [-0.15, -0.1) is 5.01 Å². The molecule has 0 radical (unpaired) electrons. The molecule has 0 bridgehead atoms. The lowest BCUT2D eigenvalue weighted by molar-refractivity contribution is -0.811. The second-order valence-electron chi connectivity index (χ2n) is 2.52. The van der Waals surface area contributed by atoms with Gasteiger partial charge >= 0.3 is 6.03 Å². The van der Waals surface area contributed by atoms with Gasteiger partial charge in [0.15, 0.2) is 0 Å². The SMILES string of the molecule is CC1=CC(C)=NC(=O)[NH+]1NC=O. The van der Waals surface area contributed by atoms with E-state index in [4.69, 9.17) is 0 Å². The van der Waals surface area contributed by atoms with E-state index in [2.05, 4.69) is 10.4 Å². The number of amides is 3. The zero-order valence-corrected chi connectivity index (χ0v) is 6.92. The molecule has 1 rings (SSSR count). The van der Waals surface area contributed by atoms with Crippen LogP contribution in [0.5, 0.6) is 0 Å². The zero-order chi connectivity index (χ0) is 9.14. The van der Waals surface area contributed by atoms with E-state index >= 15 is 0 Å². The van der Waals surface area contributed by atoms with E-state index in [1.54, 1.807) is 19.9 Å². The van der Waals surface area contributed by atoms with E-state index < -0.39 is 0 Å². The fraction of sp³-hybridized carbons (Fsp3) is 0.286. The molecule has 1 aliphatic rings. The number of hydrogen-bond acceptors (Lipinski definition) is 2. The third-order valence-electron chi connectivity index (χ3n) is 1.51. The van der Waals surface area contributed by atoms with E-state index in [-0.39, 0.29) is 11.0 Å². The summed E-state index contributed by atoms with van der Waals surface area (Å²) in [7, 11) is 0. The van der Waals surface area contributed by atoms with Gasteiger partial charge in [0.1, 0.15) is 5.70 Å². The number of carbonyl (C=O) groups is 2. The van der Waals surface area contributed by atoms with Crippen LogP contribution in [0.3, 0.4) is 0 Å². The van der Waals surface area contributed by atoms with Crippen molar-refractivity contribution >= 4 is 18.2 Å². The molecule has 64 valence electrons. The van der Waals surface area contributed by atoms with Gasteiger partial charge < -0.3 is 0 Å². The summed E-state index contributed by atoms with van der Waals surface area (Å²) in [6, 6.07) is -0.389. The van der Waals surface area contributed by atoms with Crippen LogP contribution < -0.4 is 10.4 Å². The summed E-state index contributed by atoms with van der Waals surface area (Å²) in [6.07, 6.45) is 2.22. The monoisotopic (exact) mass is 168 g/mol. The predicted molar refractivity (Wildman–Crippen MR) is 42.4 cm³/mol. The number of nitrogens with zero attached hydrogens (tertiary/aromatic N) is 1. The molecule has 1 unspecified atom stereocenters. The van der Waals surface area contributed by atoms with Gasteiger partial charge in [0.2, 0.25) is 0 Å². The van der Waals surface area contributed by atoms with Crippen LogP contribution in [0.4, 0.5) is 4.79 Å². The third kappa shape index (κ3) is 1.57. The van der Waals surface area contributed by atoms with Crippen LogP contribution in [0.15, 0.2) is 16.8 Å². The third-order valence-corrected chi connectivity index (χ3v) is 1.51. The van der Waals surface area contributed by atoms with Crippen LogP contribution in [0.25, 0.3) is 0 Å². The number of rotatable bonds is 2. The van der Waals surface area contributed by atoms with Crippen molar-refractivity contribution in [2.24, 2.45) is 4.99 Å². The van der Waals surface area contributed by atoms with Crippen LogP contribution in [0.1, 0.15) is 13.8 Å². The Labute approximate surface area is 69.7 Å². The Morgan fingerprint density at radius 3 is 2.75 bits per heavy atom. The van der Waals surface area contributed by atoms with Crippen LogP contribution in [-0.2, 0) is 4.79 Å². The second kappa shape index (κ2) is 3.27. The number of allylic oxidation sites excluding steroid dienone is 2. The molecule has 0 aromatic carbocycles. The maximum absolute atomic E-state index is 11.1. The molecule has 1 atom stereocenters. The molecule has 0 saturated heterocycles. The van der Waals surface area contributed by atoms with Crippen molar-refractivity contribution in [2.75, 3.05) is 0 Å². The van der Waals surface area contributed by atoms with Gasteiger partial charge in [0.25, 0.3) is 6.41 Å². The summed E-state index contributed by atoms with van der Waals surface area (Å²) in [5.74, 6) is 0. The van der Waals surface area contributed by atoms with Crippen molar-refractivity contribution in [3.8, 4) is 0 Å². The summed E-state index contributed by atoms with van der Waals surface area (Å²) in [5.41, 5.74) is 3.71. The van der Waals surface area contributed by atoms with Gasteiger partial charge in [0, 0.05) is 13.0 Å². The van der Waals surface area contributed by atoms with Gasteiger partial charge in [0.05, 0.1) is 5.71 Å². The van der Waals surface area contributed by atoms with E-state index in [9.17, 15) is 9.59 Å². The van der Waals surface area contributed by atoms with Gasteiger partial charge in [-0.1, -0.05) is 0 Å². The van der Waals surface area contributed by atoms with Crippen molar-refractivity contribution in [1.29, 1.82) is 0 Å². The van der Waals surface area contributed by atoms with Crippen molar-refractivity contribution in [2.45, 2.75) is 13.8 Å². The van der Waals surface area contributed by atoms with E-state index in [1.165, 1.54) is 0 Å².